The van der Waals surface area contributed by atoms with Crippen LogP contribution >= 0.6 is 11.3 Å². The molecule has 0 aliphatic heterocycles. The monoisotopic (exact) mass is 445 g/mol. The summed E-state index contributed by atoms with van der Waals surface area (Å²) < 4.78 is 32.7. The van der Waals surface area contributed by atoms with Crippen molar-refractivity contribution in [1.29, 1.82) is 0 Å². The molecule has 1 amide bonds. The van der Waals surface area contributed by atoms with Crippen molar-refractivity contribution >= 4 is 38.1 Å². The van der Waals surface area contributed by atoms with Crippen LogP contribution in [0, 0.1) is 0 Å². The molecule has 0 radical (unpaired) electrons. The highest BCUT2D eigenvalue weighted by Crippen LogP contribution is 2.25. The summed E-state index contributed by atoms with van der Waals surface area (Å²) in [5.74, 6) is 0.278. The summed E-state index contributed by atoms with van der Waals surface area (Å²) in [5, 5.41) is 4.66. The van der Waals surface area contributed by atoms with E-state index in [0.29, 0.717) is 16.6 Å². The quantitative estimate of drug-likeness (QED) is 0.566. The van der Waals surface area contributed by atoms with Gasteiger partial charge in [0.15, 0.2) is 11.7 Å². The molecule has 2 aromatic carbocycles. The number of hydrogen-bond acceptors (Lipinski definition) is 6. The molecule has 3 rings (SSSR count). The molecule has 158 valence electrons. The van der Waals surface area contributed by atoms with Crippen LogP contribution in [0.4, 0.5) is 10.8 Å². The number of ether oxygens (including phenoxy) is 1. The third-order valence-corrected chi connectivity index (χ3v) is 6.34. The number of hydrogen-bond donors (Lipinski definition) is 2. The fourth-order valence-corrected chi connectivity index (χ4v) is 4.35. The maximum atomic E-state index is 12.3. The maximum absolute atomic E-state index is 12.3. The topological polar surface area (TPSA) is 97.4 Å². The zero-order chi connectivity index (χ0) is 21.8. The van der Waals surface area contributed by atoms with Crippen LogP contribution in [-0.4, -0.2) is 25.9 Å². The summed E-state index contributed by atoms with van der Waals surface area (Å²) in [6.07, 6.45) is 1.52. The van der Waals surface area contributed by atoms with E-state index >= 15 is 0 Å². The second-order valence-electron chi connectivity index (χ2n) is 7.58. The number of amides is 1. The van der Waals surface area contributed by atoms with Crippen molar-refractivity contribution < 1.29 is 17.9 Å². The standard InChI is InChI=1S/C21H23N3O4S2/c1-21(2,3)15-5-4-6-17(13-15)28-14-19(25)23-16-7-9-18(10-8-16)30(26,27)24-20-22-11-12-29-20/h4-13H,14H2,1-3H3,(H,22,24)(H,23,25). The highest BCUT2D eigenvalue weighted by molar-refractivity contribution is 7.93. The van der Waals surface area contributed by atoms with E-state index in [2.05, 4.69) is 35.8 Å². The zero-order valence-corrected chi connectivity index (χ0v) is 18.5. The van der Waals surface area contributed by atoms with Crippen molar-refractivity contribution in [3.63, 3.8) is 0 Å². The van der Waals surface area contributed by atoms with Gasteiger partial charge in [-0.1, -0.05) is 32.9 Å². The zero-order valence-electron chi connectivity index (χ0n) is 16.9. The van der Waals surface area contributed by atoms with Crippen molar-refractivity contribution in [3.8, 4) is 5.75 Å². The molecule has 0 aliphatic rings. The molecule has 0 aliphatic carbocycles. The van der Waals surface area contributed by atoms with Crippen LogP contribution in [0.25, 0.3) is 0 Å². The van der Waals surface area contributed by atoms with Gasteiger partial charge in [-0.25, -0.2) is 13.4 Å². The fourth-order valence-electron chi connectivity index (χ4n) is 2.56. The number of thiazole rings is 1. The molecular formula is C21H23N3O4S2. The van der Waals surface area contributed by atoms with E-state index in [1.807, 2.05) is 18.2 Å². The largest absolute Gasteiger partial charge is 0.484 e. The van der Waals surface area contributed by atoms with Gasteiger partial charge in [-0.3, -0.25) is 9.52 Å². The highest BCUT2D eigenvalue weighted by Gasteiger charge is 2.16. The van der Waals surface area contributed by atoms with Crippen molar-refractivity contribution in [2.45, 2.75) is 31.1 Å². The van der Waals surface area contributed by atoms with Gasteiger partial charge in [0, 0.05) is 17.3 Å². The van der Waals surface area contributed by atoms with Crippen molar-refractivity contribution in [1.82, 2.24) is 4.98 Å². The van der Waals surface area contributed by atoms with E-state index in [9.17, 15) is 13.2 Å². The molecule has 3 aromatic rings. The molecule has 2 N–H and O–H groups in total. The van der Waals surface area contributed by atoms with Crippen molar-refractivity contribution in [2.75, 3.05) is 16.6 Å². The van der Waals surface area contributed by atoms with Crippen molar-refractivity contribution in [3.05, 3.63) is 65.7 Å². The summed E-state index contributed by atoms with van der Waals surface area (Å²) in [7, 11) is -3.73. The first-order valence-corrected chi connectivity index (χ1v) is 11.6. The highest BCUT2D eigenvalue weighted by atomic mass is 32.2. The Hall–Kier alpha value is -2.91. The number of rotatable bonds is 7. The molecule has 0 fully saturated rings. The fraction of sp³-hybridized carbons (Fsp3) is 0.238. The van der Waals surface area contributed by atoms with Crippen LogP contribution in [0.3, 0.4) is 0 Å². The number of benzene rings is 2. The Bertz CT molecular complexity index is 1100. The summed E-state index contributed by atoms with van der Waals surface area (Å²) >= 11 is 1.19. The normalized spacial score (nSPS) is 11.7. The summed E-state index contributed by atoms with van der Waals surface area (Å²) in [4.78, 5) is 16.2. The first kappa shape index (κ1) is 21.8. The minimum absolute atomic E-state index is 0.0157. The predicted octanol–water partition coefficient (Wildman–Crippen LogP) is 4.26. The lowest BCUT2D eigenvalue weighted by Gasteiger charge is -2.19. The number of aromatic nitrogens is 1. The number of carbonyl (C=O) groups is 1. The SMILES string of the molecule is CC(C)(C)c1cccc(OCC(=O)Nc2ccc(S(=O)(=O)Nc3nccs3)cc2)c1. The van der Waals surface area contributed by atoms with E-state index in [-0.39, 0.29) is 22.8 Å². The lowest BCUT2D eigenvalue weighted by Crippen LogP contribution is -2.20. The van der Waals surface area contributed by atoms with Crippen LogP contribution < -0.4 is 14.8 Å². The smallest absolute Gasteiger partial charge is 0.263 e. The average molecular weight is 446 g/mol. The lowest BCUT2D eigenvalue weighted by molar-refractivity contribution is -0.118. The van der Waals surface area contributed by atoms with Gasteiger partial charge in [0.2, 0.25) is 0 Å². The Morgan fingerprint density at radius 1 is 1.13 bits per heavy atom. The Morgan fingerprint density at radius 3 is 2.50 bits per heavy atom. The van der Waals surface area contributed by atoms with E-state index < -0.39 is 10.0 Å². The molecule has 0 spiro atoms. The number of anilines is 2. The number of nitrogens with one attached hydrogen (secondary N) is 2. The first-order valence-electron chi connectivity index (χ1n) is 9.19. The number of carbonyl (C=O) groups excluding carboxylic acids is 1. The van der Waals surface area contributed by atoms with E-state index in [1.165, 1.54) is 41.8 Å². The molecule has 9 heteroatoms. The third-order valence-electron chi connectivity index (χ3n) is 4.17. The van der Waals surface area contributed by atoms with Crippen LogP contribution in [-0.2, 0) is 20.2 Å². The Kier molecular flexibility index (Phi) is 6.42. The van der Waals surface area contributed by atoms with Crippen LogP contribution in [0.15, 0.2) is 65.0 Å². The molecular weight excluding hydrogens is 422 g/mol. The molecule has 1 heterocycles. The molecule has 0 atom stereocenters. The van der Waals surface area contributed by atoms with E-state index in [0.717, 1.165) is 5.56 Å². The second-order valence-corrected chi connectivity index (χ2v) is 10.2. The molecule has 30 heavy (non-hydrogen) atoms. The van der Waals surface area contributed by atoms with Crippen molar-refractivity contribution in [2.24, 2.45) is 0 Å². The Balaban J connectivity index is 1.57. The van der Waals surface area contributed by atoms with E-state index in [4.69, 9.17) is 4.74 Å². The van der Waals surface area contributed by atoms with Gasteiger partial charge < -0.3 is 10.1 Å². The van der Waals surface area contributed by atoms with Gasteiger partial charge in [0.1, 0.15) is 5.75 Å². The lowest BCUT2D eigenvalue weighted by atomic mass is 9.87. The van der Waals surface area contributed by atoms with Gasteiger partial charge in [-0.05, 0) is 47.4 Å². The Labute approximate surface area is 180 Å². The minimum Gasteiger partial charge on any atom is -0.484 e. The summed E-state index contributed by atoms with van der Waals surface area (Å²) in [6, 6.07) is 13.5. The van der Waals surface area contributed by atoms with Gasteiger partial charge in [0.05, 0.1) is 4.90 Å². The molecule has 1 aromatic heterocycles. The predicted molar refractivity (Wildman–Crippen MR) is 119 cm³/mol. The third kappa shape index (κ3) is 5.80. The molecule has 7 nitrogen and oxygen atoms in total. The van der Waals surface area contributed by atoms with Crippen LogP contribution in [0.1, 0.15) is 26.3 Å². The first-order chi connectivity index (χ1) is 14.1. The van der Waals surface area contributed by atoms with Crippen LogP contribution in [0.2, 0.25) is 0 Å². The Morgan fingerprint density at radius 2 is 1.87 bits per heavy atom. The molecule has 0 saturated heterocycles. The average Bonchev–Trinajstić information content (AvgIpc) is 3.19. The van der Waals surface area contributed by atoms with Gasteiger partial charge >= 0.3 is 0 Å². The van der Waals surface area contributed by atoms with E-state index in [1.54, 1.807) is 11.4 Å². The minimum atomic E-state index is -3.73. The van der Waals surface area contributed by atoms with Gasteiger partial charge in [-0.15, -0.1) is 11.3 Å². The maximum Gasteiger partial charge on any atom is 0.263 e. The summed E-state index contributed by atoms with van der Waals surface area (Å²) in [6.45, 7) is 6.17. The second kappa shape index (κ2) is 8.85. The summed E-state index contributed by atoms with van der Waals surface area (Å²) in [5.41, 5.74) is 1.57. The molecule has 0 bridgehead atoms. The number of sulfonamides is 1. The molecule has 0 unspecified atom stereocenters. The van der Waals surface area contributed by atoms with Gasteiger partial charge in [0.25, 0.3) is 15.9 Å². The van der Waals surface area contributed by atoms with Gasteiger partial charge in [-0.2, -0.15) is 0 Å². The van der Waals surface area contributed by atoms with Crippen LogP contribution in [0.5, 0.6) is 5.75 Å². The number of nitrogens with zero attached hydrogens (tertiary/aromatic N) is 1. The molecule has 0 saturated carbocycles.